The monoisotopic (exact) mass is 172 g/mol. The van der Waals surface area contributed by atoms with Gasteiger partial charge in [0.1, 0.15) is 0 Å². The lowest BCUT2D eigenvalue weighted by Gasteiger charge is -1.99. The zero-order chi connectivity index (χ0) is 9.10. The van der Waals surface area contributed by atoms with Crippen molar-refractivity contribution in [3.05, 3.63) is 34.2 Å². The average Bonchev–Trinajstić information content (AvgIpc) is 2.21. The highest BCUT2D eigenvalue weighted by molar-refractivity contribution is 5.31. The number of aryl methyl sites for hydroxylation is 1. The van der Waals surface area contributed by atoms with Crippen LogP contribution in [0, 0.1) is 0 Å². The first-order valence-electron chi connectivity index (χ1n) is 5.15. The summed E-state index contributed by atoms with van der Waals surface area (Å²) in [4.78, 5) is 0. The van der Waals surface area contributed by atoms with Crippen LogP contribution in [-0.2, 0) is 6.42 Å². The van der Waals surface area contributed by atoms with E-state index in [1.165, 1.54) is 48.1 Å². The molecule has 0 fully saturated rings. The maximum Gasteiger partial charge on any atom is -0.0227 e. The van der Waals surface area contributed by atoms with Gasteiger partial charge in [-0.3, -0.25) is 0 Å². The summed E-state index contributed by atoms with van der Waals surface area (Å²) in [5.74, 6) is 0. The Labute approximate surface area is 79.6 Å². The van der Waals surface area contributed by atoms with E-state index < -0.39 is 0 Å². The Morgan fingerprint density at radius 2 is 2.00 bits per heavy atom. The maximum atomic E-state index is 4.15. The molecule has 0 heteroatoms. The van der Waals surface area contributed by atoms with Crippen molar-refractivity contribution in [2.24, 2.45) is 0 Å². The van der Waals surface area contributed by atoms with E-state index in [1.807, 2.05) is 0 Å². The minimum atomic E-state index is 1.21. The summed E-state index contributed by atoms with van der Waals surface area (Å²) in [7, 11) is 0. The molecule has 0 amide bonds. The highest BCUT2D eigenvalue weighted by Gasteiger charge is 1.98. The Bertz CT molecular complexity index is 387. The van der Waals surface area contributed by atoms with Gasteiger partial charge in [0, 0.05) is 0 Å². The van der Waals surface area contributed by atoms with Gasteiger partial charge in [-0.1, -0.05) is 37.3 Å². The Hall–Kier alpha value is -1.04. The maximum absolute atomic E-state index is 4.15. The summed E-state index contributed by atoms with van der Waals surface area (Å²) in [6.07, 6.45) is 8.76. The van der Waals surface area contributed by atoms with Crippen LogP contribution in [0.2, 0.25) is 0 Å². The third-order valence-electron chi connectivity index (χ3n) is 2.82. The van der Waals surface area contributed by atoms with Gasteiger partial charge in [-0.05, 0) is 41.7 Å². The van der Waals surface area contributed by atoms with Crippen LogP contribution in [0.15, 0.2) is 18.2 Å². The molecule has 0 atom stereocenters. The van der Waals surface area contributed by atoms with Gasteiger partial charge >= 0.3 is 0 Å². The number of fused-ring (bicyclic) bond motifs is 2. The second-order valence-electron chi connectivity index (χ2n) is 3.79. The molecule has 1 aliphatic carbocycles. The van der Waals surface area contributed by atoms with Crippen LogP contribution in [0.1, 0.15) is 31.2 Å². The zero-order valence-corrected chi connectivity index (χ0v) is 8.05. The van der Waals surface area contributed by atoms with Crippen LogP contribution in [0.3, 0.4) is 0 Å². The number of benzene rings is 1. The molecule has 68 valence electrons. The average molecular weight is 172 g/mol. The van der Waals surface area contributed by atoms with Crippen molar-refractivity contribution in [3.8, 4) is 0 Å². The fourth-order valence-corrected chi connectivity index (χ4v) is 1.97. The summed E-state index contributed by atoms with van der Waals surface area (Å²) in [6, 6.07) is 6.54. The van der Waals surface area contributed by atoms with Crippen LogP contribution in [0.25, 0.3) is 12.7 Å². The lowest BCUT2D eigenvalue weighted by molar-refractivity contribution is 0.697. The van der Waals surface area contributed by atoms with Gasteiger partial charge in [-0.25, -0.2) is 0 Å². The van der Waals surface area contributed by atoms with Crippen LogP contribution in [0.4, 0.5) is 0 Å². The Balaban J connectivity index is 2.56. The van der Waals surface area contributed by atoms with E-state index in [9.17, 15) is 0 Å². The summed E-state index contributed by atoms with van der Waals surface area (Å²) in [5.41, 5.74) is 1.44. The first kappa shape index (κ1) is 8.55. The molecule has 2 bridgehead atoms. The minimum absolute atomic E-state index is 1.21. The Morgan fingerprint density at radius 3 is 2.92 bits per heavy atom. The molecular formula is C13H16. The molecule has 0 aromatic heterocycles. The van der Waals surface area contributed by atoms with Crippen molar-refractivity contribution in [2.45, 2.75) is 32.1 Å². The van der Waals surface area contributed by atoms with Crippen molar-refractivity contribution in [1.29, 1.82) is 0 Å². The largest absolute Gasteiger partial charge is 0.0909 e. The predicted octanol–water partition coefficient (Wildman–Crippen LogP) is 1.99. The number of hydrogen-bond acceptors (Lipinski definition) is 0. The Morgan fingerprint density at radius 1 is 1.08 bits per heavy atom. The third kappa shape index (κ3) is 1.82. The number of hydrogen-bond donors (Lipinski definition) is 0. The molecule has 0 unspecified atom stereocenters. The SMILES string of the molecule is C=c1c2ccc/c1=C/CCCCC2. The molecular weight excluding hydrogens is 156 g/mol. The van der Waals surface area contributed by atoms with E-state index >= 15 is 0 Å². The third-order valence-corrected chi connectivity index (χ3v) is 2.82. The van der Waals surface area contributed by atoms with Gasteiger partial charge in [0.2, 0.25) is 0 Å². The molecule has 1 aromatic carbocycles. The van der Waals surface area contributed by atoms with E-state index in [0.717, 1.165) is 0 Å². The zero-order valence-electron chi connectivity index (χ0n) is 8.05. The van der Waals surface area contributed by atoms with Crippen LogP contribution in [0.5, 0.6) is 0 Å². The van der Waals surface area contributed by atoms with Crippen molar-refractivity contribution in [1.82, 2.24) is 0 Å². The van der Waals surface area contributed by atoms with E-state index in [0.29, 0.717) is 0 Å². The van der Waals surface area contributed by atoms with E-state index in [4.69, 9.17) is 0 Å². The van der Waals surface area contributed by atoms with E-state index in [-0.39, 0.29) is 0 Å². The predicted molar refractivity (Wildman–Crippen MR) is 57.9 cm³/mol. The van der Waals surface area contributed by atoms with E-state index in [2.05, 4.69) is 30.9 Å². The highest BCUT2D eigenvalue weighted by atomic mass is 14.0. The molecule has 0 N–H and O–H groups in total. The molecule has 0 saturated carbocycles. The van der Waals surface area contributed by atoms with Gasteiger partial charge in [0.05, 0.1) is 0 Å². The summed E-state index contributed by atoms with van der Waals surface area (Å²) in [5, 5.41) is 2.60. The smallest absolute Gasteiger partial charge is 0.0227 e. The molecule has 0 nitrogen and oxygen atoms in total. The molecule has 13 heavy (non-hydrogen) atoms. The second kappa shape index (κ2) is 3.78. The molecule has 0 saturated heterocycles. The number of rotatable bonds is 0. The molecule has 0 heterocycles. The topological polar surface area (TPSA) is 0 Å². The molecule has 0 spiro atoms. The molecule has 2 rings (SSSR count). The molecule has 0 aliphatic heterocycles. The summed E-state index contributed by atoms with van der Waals surface area (Å²) < 4.78 is 0. The standard InChI is InChI=1S/C13H16/c1-11-12-7-4-2-3-5-8-13(11)10-6-9-12/h6-7,9-10H,1-5,8H2/b12-7-. The van der Waals surface area contributed by atoms with Crippen LogP contribution < -0.4 is 10.4 Å². The van der Waals surface area contributed by atoms with Gasteiger partial charge in [-0.15, -0.1) is 0 Å². The molecule has 1 aromatic rings. The van der Waals surface area contributed by atoms with Gasteiger partial charge in [-0.2, -0.15) is 0 Å². The van der Waals surface area contributed by atoms with Gasteiger partial charge in [0.25, 0.3) is 0 Å². The Kier molecular flexibility index (Phi) is 2.49. The van der Waals surface area contributed by atoms with Crippen molar-refractivity contribution < 1.29 is 0 Å². The lowest BCUT2D eigenvalue weighted by atomic mass is 10.1. The highest BCUT2D eigenvalue weighted by Crippen LogP contribution is 2.06. The van der Waals surface area contributed by atoms with Crippen molar-refractivity contribution in [2.75, 3.05) is 0 Å². The lowest BCUT2D eigenvalue weighted by Crippen LogP contribution is -2.26. The quantitative estimate of drug-likeness (QED) is 0.561. The summed E-state index contributed by atoms with van der Waals surface area (Å²) >= 11 is 0. The second-order valence-corrected chi connectivity index (χ2v) is 3.79. The van der Waals surface area contributed by atoms with Crippen molar-refractivity contribution >= 4 is 12.7 Å². The normalized spacial score (nSPS) is 19.2. The fraction of sp³-hybridized carbons (Fsp3) is 0.385. The summed E-state index contributed by atoms with van der Waals surface area (Å²) in [6.45, 7) is 4.15. The minimum Gasteiger partial charge on any atom is -0.0909 e. The first-order valence-corrected chi connectivity index (χ1v) is 5.15. The van der Waals surface area contributed by atoms with Crippen LogP contribution >= 0.6 is 0 Å². The van der Waals surface area contributed by atoms with E-state index in [1.54, 1.807) is 0 Å². The van der Waals surface area contributed by atoms with Gasteiger partial charge in [0.15, 0.2) is 0 Å². The van der Waals surface area contributed by atoms with Gasteiger partial charge < -0.3 is 0 Å². The van der Waals surface area contributed by atoms with Crippen molar-refractivity contribution in [3.63, 3.8) is 0 Å². The first-order chi connectivity index (χ1) is 6.38. The fourth-order valence-electron chi connectivity index (χ4n) is 1.97. The molecule has 1 aliphatic rings. The molecule has 0 radical (unpaired) electrons. The van der Waals surface area contributed by atoms with Crippen LogP contribution in [-0.4, -0.2) is 0 Å².